The maximum atomic E-state index is 13.6. The van der Waals surface area contributed by atoms with Crippen LogP contribution in [0.4, 0.5) is 0 Å². The number of nitrogens with zero attached hydrogens (tertiary/aromatic N) is 3. The number of amides is 1. The molecular weight excluding hydrogens is 480 g/mol. The van der Waals surface area contributed by atoms with Crippen molar-refractivity contribution in [2.24, 2.45) is 5.10 Å². The quantitative estimate of drug-likeness (QED) is 0.178. The minimum Gasteiger partial charge on any atom is -0.463 e. The Hall–Kier alpha value is -2.88. The maximum absolute atomic E-state index is 13.6. The molecule has 0 spiro atoms. The zero-order chi connectivity index (χ0) is 22.9. The number of carbonyl (C=O) groups is 1. The predicted molar refractivity (Wildman–Crippen MR) is 132 cm³/mol. The van der Waals surface area contributed by atoms with Crippen LogP contribution in [-0.4, -0.2) is 26.9 Å². The average Bonchev–Trinajstić information content (AvgIpc) is 3.54. The molecule has 33 heavy (non-hydrogen) atoms. The Labute approximate surface area is 202 Å². The number of nitrogens with one attached hydrogen (secondary N) is 1. The van der Waals surface area contributed by atoms with Gasteiger partial charge in [0.15, 0.2) is 5.16 Å². The molecule has 7 nitrogen and oxygen atoms in total. The Bertz CT molecular complexity index is 1420. The van der Waals surface area contributed by atoms with Crippen LogP contribution in [-0.2, 0) is 17.6 Å². The molecule has 1 aliphatic rings. The van der Waals surface area contributed by atoms with Crippen LogP contribution < -0.4 is 11.0 Å². The number of hydrazone groups is 1. The molecule has 10 heteroatoms. The molecule has 1 aromatic carbocycles. The summed E-state index contributed by atoms with van der Waals surface area (Å²) in [4.78, 5) is 32.8. The van der Waals surface area contributed by atoms with Gasteiger partial charge in [0.25, 0.3) is 11.5 Å². The summed E-state index contributed by atoms with van der Waals surface area (Å²) in [7, 11) is 0. The highest BCUT2D eigenvalue weighted by molar-refractivity contribution is 7.99. The first-order valence-corrected chi connectivity index (χ1v) is 12.5. The molecule has 0 radical (unpaired) electrons. The first kappa shape index (κ1) is 21.9. The van der Waals surface area contributed by atoms with Gasteiger partial charge in [-0.05, 0) is 68.1 Å². The molecule has 1 amide bonds. The van der Waals surface area contributed by atoms with Crippen molar-refractivity contribution in [2.75, 3.05) is 5.75 Å². The average molecular weight is 499 g/mol. The van der Waals surface area contributed by atoms with E-state index >= 15 is 0 Å². The summed E-state index contributed by atoms with van der Waals surface area (Å²) in [5.41, 5.74) is 4.75. The number of hydrogen-bond acceptors (Lipinski definition) is 7. The van der Waals surface area contributed by atoms with Gasteiger partial charge in [0.2, 0.25) is 0 Å². The summed E-state index contributed by atoms with van der Waals surface area (Å²) in [5.74, 6) is 0.319. The summed E-state index contributed by atoms with van der Waals surface area (Å²) in [6, 6.07) is 10.6. The number of carbonyl (C=O) groups excluding carboxylic acids is 1. The third-order valence-corrected chi connectivity index (χ3v) is 7.73. The fourth-order valence-corrected chi connectivity index (χ4v) is 6.02. The highest BCUT2D eigenvalue weighted by Gasteiger charge is 2.24. The van der Waals surface area contributed by atoms with Crippen LogP contribution >= 0.6 is 34.7 Å². The largest absolute Gasteiger partial charge is 0.463 e. The number of rotatable bonds is 6. The molecule has 0 aliphatic heterocycles. The van der Waals surface area contributed by atoms with Crippen molar-refractivity contribution in [1.29, 1.82) is 0 Å². The number of hydrogen-bond donors (Lipinski definition) is 1. The Morgan fingerprint density at radius 2 is 2.12 bits per heavy atom. The lowest BCUT2D eigenvalue weighted by molar-refractivity contribution is -0.118. The van der Waals surface area contributed by atoms with E-state index in [1.807, 2.05) is 0 Å². The molecule has 4 aromatic rings. The normalized spacial score (nSPS) is 13.5. The molecule has 0 saturated carbocycles. The van der Waals surface area contributed by atoms with E-state index in [0.717, 1.165) is 29.7 Å². The van der Waals surface area contributed by atoms with Crippen LogP contribution in [0.5, 0.6) is 0 Å². The number of aromatic nitrogens is 2. The van der Waals surface area contributed by atoms with Crippen molar-refractivity contribution in [3.05, 3.63) is 74.2 Å². The van der Waals surface area contributed by atoms with Gasteiger partial charge in [-0.1, -0.05) is 23.4 Å². The lowest BCUT2D eigenvalue weighted by Gasteiger charge is -2.12. The van der Waals surface area contributed by atoms with E-state index in [2.05, 4.69) is 10.5 Å². The van der Waals surface area contributed by atoms with Gasteiger partial charge in [-0.25, -0.2) is 10.4 Å². The molecule has 0 saturated heterocycles. The van der Waals surface area contributed by atoms with Crippen LogP contribution in [0.2, 0.25) is 5.02 Å². The number of thioether (sulfide) groups is 1. The smallest absolute Gasteiger partial charge is 0.267 e. The standard InChI is InChI=1S/C23H19ClN4O3S2/c1-13(17-5-3-11-31-17)26-27-19(29)12-32-23-25-21-20(16-4-2-6-18(16)33-21)22(30)28(23)15-9-7-14(24)8-10-15/h3,5,7-11H,2,4,6,12H2,1H3,(H,27,29). The summed E-state index contributed by atoms with van der Waals surface area (Å²) < 4.78 is 6.83. The molecular formula is C23H19ClN4O3S2. The third kappa shape index (κ3) is 4.36. The van der Waals surface area contributed by atoms with Crippen LogP contribution in [0.3, 0.4) is 0 Å². The van der Waals surface area contributed by atoms with Gasteiger partial charge in [0.05, 0.1) is 23.1 Å². The summed E-state index contributed by atoms with van der Waals surface area (Å²) in [6.45, 7) is 1.75. The van der Waals surface area contributed by atoms with E-state index in [1.165, 1.54) is 16.6 Å². The van der Waals surface area contributed by atoms with E-state index < -0.39 is 0 Å². The number of halogens is 1. The van der Waals surface area contributed by atoms with Crippen LogP contribution in [0, 0.1) is 0 Å². The van der Waals surface area contributed by atoms with Crippen molar-refractivity contribution in [3.8, 4) is 5.69 Å². The third-order valence-electron chi connectivity index (χ3n) is 5.35. The van der Waals surface area contributed by atoms with Crippen molar-refractivity contribution in [1.82, 2.24) is 15.0 Å². The van der Waals surface area contributed by atoms with Gasteiger partial charge in [-0.15, -0.1) is 11.3 Å². The zero-order valence-corrected chi connectivity index (χ0v) is 20.0. The van der Waals surface area contributed by atoms with E-state index in [1.54, 1.807) is 65.5 Å². The second kappa shape index (κ2) is 9.17. The number of thiophene rings is 1. The molecule has 3 aromatic heterocycles. The zero-order valence-electron chi connectivity index (χ0n) is 17.6. The fraction of sp³-hybridized carbons (Fsp3) is 0.217. The Balaban J connectivity index is 1.46. The number of aryl methyl sites for hydroxylation is 2. The van der Waals surface area contributed by atoms with Crippen molar-refractivity contribution in [3.63, 3.8) is 0 Å². The van der Waals surface area contributed by atoms with E-state index in [0.29, 0.717) is 32.7 Å². The molecule has 0 atom stereocenters. The monoisotopic (exact) mass is 498 g/mol. The Kier molecular flexibility index (Phi) is 6.09. The number of furan rings is 1. The maximum Gasteiger partial charge on any atom is 0.267 e. The number of fused-ring (bicyclic) bond motifs is 3. The fourth-order valence-electron chi connectivity index (χ4n) is 3.79. The minimum atomic E-state index is -0.309. The molecule has 1 N–H and O–H groups in total. The Morgan fingerprint density at radius 1 is 1.30 bits per heavy atom. The minimum absolute atomic E-state index is 0.0472. The molecule has 168 valence electrons. The van der Waals surface area contributed by atoms with Gasteiger partial charge in [-0.2, -0.15) is 5.10 Å². The predicted octanol–water partition coefficient (Wildman–Crippen LogP) is 4.81. The van der Waals surface area contributed by atoms with Crippen molar-refractivity contribution in [2.45, 2.75) is 31.3 Å². The second-order valence-corrected chi connectivity index (χ2v) is 10.0. The Morgan fingerprint density at radius 3 is 2.88 bits per heavy atom. The van der Waals surface area contributed by atoms with E-state index in [4.69, 9.17) is 21.0 Å². The highest BCUT2D eigenvalue weighted by Crippen LogP contribution is 2.36. The molecule has 5 rings (SSSR count). The van der Waals surface area contributed by atoms with Gasteiger partial charge in [0, 0.05) is 9.90 Å². The SMILES string of the molecule is CC(=NNC(=O)CSc1nc2sc3c(c2c(=O)n1-c1ccc(Cl)cc1)CCC3)c1ccco1. The summed E-state index contributed by atoms with van der Waals surface area (Å²) in [6.07, 6.45) is 4.49. The molecule has 3 heterocycles. The lowest BCUT2D eigenvalue weighted by atomic mass is 10.2. The number of benzene rings is 1. The van der Waals surface area contributed by atoms with Crippen LogP contribution in [0.25, 0.3) is 15.9 Å². The molecule has 0 bridgehead atoms. The van der Waals surface area contributed by atoms with Crippen LogP contribution in [0.1, 0.15) is 29.5 Å². The van der Waals surface area contributed by atoms with Crippen molar-refractivity contribution < 1.29 is 9.21 Å². The van der Waals surface area contributed by atoms with Gasteiger partial charge >= 0.3 is 0 Å². The molecule has 0 unspecified atom stereocenters. The van der Waals surface area contributed by atoms with E-state index in [-0.39, 0.29) is 17.2 Å². The topological polar surface area (TPSA) is 89.5 Å². The van der Waals surface area contributed by atoms with Gasteiger partial charge < -0.3 is 4.42 Å². The summed E-state index contributed by atoms with van der Waals surface area (Å²) >= 11 is 8.82. The highest BCUT2D eigenvalue weighted by atomic mass is 35.5. The first-order valence-electron chi connectivity index (χ1n) is 10.3. The molecule has 1 aliphatic carbocycles. The van der Waals surface area contributed by atoms with Crippen molar-refractivity contribution >= 4 is 56.5 Å². The van der Waals surface area contributed by atoms with E-state index in [9.17, 15) is 9.59 Å². The summed E-state index contributed by atoms with van der Waals surface area (Å²) in [5, 5.41) is 5.80. The second-order valence-electron chi connectivity index (χ2n) is 7.55. The van der Waals surface area contributed by atoms with Crippen LogP contribution in [0.15, 0.2) is 62.1 Å². The van der Waals surface area contributed by atoms with Gasteiger partial charge in [0.1, 0.15) is 16.3 Å². The van der Waals surface area contributed by atoms with Gasteiger partial charge in [-0.3, -0.25) is 14.2 Å². The first-order chi connectivity index (χ1) is 16.0. The lowest BCUT2D eigenvalue weighted by Crippen LogP contribution is -2.24. The molecule has 0 fully saturated rings.